The number of hydrogen-bond acceptors (Lipinski definition) is 1. The van der Waals surface area contributed by atoms with Gasteiger partial charge in [0.05, 0.1) is 0 Å². The standard InChI is InChI=1S/C10H19N/c1-2-4-9(3-1)7-10-5-6-11-8-10/h9-11H,1-8H2/t10-/m0/s1. The van der Waals surface area contributed by atoms with E-state index in [1.54, 1.807) is 0 Å². The van der Waals surface area contributed by atoms with Gasteiger partial charge in [-0.05, 0) is 37.8 Å². The third-order valence-corrected chi connectivity index (χ3v) is 3.30. The molecule has 11 heavy (non-hydrogen) atoms. The van der Waals surface area contributed by atoms with Gasteiger partial charge in [0, 0.05) is 0 Å². The van der Waals surface area contributed by atoms with E-state index in [1.807, 2.05) is 0 Å². The fraction of sp³-hybridized carbons (Fsp3) is 1.00. The van der Waals surface area contributed by atoms with E-state index in [1.165, 1.54) is 51.6 Å². The van der Waals surface area contributed by atoms with Crippen LogP contribution in [0.3, 0.4) is 0 Å². The fourth-order valence-electron chi connectivity index (χ4n) is 2.63. The second-order valence-corrected chi connectivity index (χ2v) is 4.25. The van der Waals surface area contributed by atoms with Crippen molar-refractivity contribution in [2.24, 2.45) is 11.8 Å². The number of rotatable bonds is 2. The van der Waals surface area contributed by atoms with E-state index in [9.17, 15) is 0 Å². The average Bonchev–Trinajstić information content (AvgIpc) is 2.60. The van der Waals surface area contributed by atoms with Crippen LogP contribution in [0.5, 0.6) is 0 Å². The van der Waals surface area contributed by atoms with Crippen molar-refractivity contribution >= 4 is 0 Å². The Labute approximate surface area is 69.6 Å². The van der Waals surface area contributed by atoms with Crippen LogP contribution in [-0.2, 0) is 0 Å². The van der Waals surface area contributed by atoms with Crippen molar-refractivity contribution in [1.29, 1.82) is 0 Å². The molecule has 2 rings (SSSR count). The smallest absolute Gasteiger partial charge is 0.00199 e. The molecule has 0 radical (unpaired) electrons. The van der Waals surface area contributed by atoms with Gasteiger partial charge in [-0.15, -0.1) is 0 Å². The summed E-state index contributed by atoms with van der Waals surface area (Å²) in [6.07, 6.45) is 9.02. The molecule has 1 aliphatic carbocycles. The van der Waals surface area contributed by atoms with Crippen LogP contribution in [-0.4, -0.2) is 13.1 Å². The van der Waals surface area contributed by atoms with Crippen molar-refractivity contribution in [2.75, 3.05) is 13.1 Å². The van der Waals surface area contributed by atoms with E-state index in [-0.39, 0.29) is 0 Å². The summed E-state index contributed by atoms with van der Waals surface area (Å²) in [6.45, 7) is 2.58. The maximum Gasteiger partial charge on any atom is -0.00199 e. The van der Waals surface area contributed by atoms with Gasteiger partial charge in [0.2, 0.25) is 0 Å². The van der Waals surface area contributed by atoms with E-state index < -0.39 is 0 Å². The minimum Gasteiger partial charge on any atom is -0.316 e. The van der Waals surface area contributed by atoms with Gasteiger partial charge in [-0.1, -0.05) is 25.7 Å². The fourth-order valence-corrected chi connectivity index (χ4v) is 2.63. The van der Waals surface area contributed by atoms with Crippen LogP contribution in [0, 0.1) is 11.8 Å². The lowest BCUT2D eigenvalue weighted by Crippen LogP contribution is -2.11. The van der Waals surface area contributed by atoms with Crippen LogP contribution < -0.4 is 5.32 Å². The van der Waals surface area contributed by atoms with Gasteiger partial charge in [-0.3, -0.25) is 0 Å². The highest BCUT2D eigenvalue weighted by molar-refractivity contribution is 4.76. The van der Waals surface area contributed by atoms with Gasteiger partial charge in [0.1, 0.15) is 0 Å². The molecule has 0 aromatic carbocycles. The van der Waals surface area contributed by atoms with Gasteiger partial charge < -0.3 is 5.32 Å². The highest BCUT2D eigenvalue weighted by atomic mass is 14.9. The van der Waals surface area contributed by atoms with Crippen molar-refractivity contribution in [3.8, 4) is 0 Å². The minimum atomic E-state index is 1.03. The molecule has 1 N–H and O–H groups in total. The topological polar surface area (TPSA) is 12.0 Å². The molecule has 64 valence electrons. The molecule has 1 heteroatoms. The molecule has 2 fully saturated rings. The summed E-state index contributed by atoms with van der Waals surface area (Å²) in [5.74, 6) is 2.12. The third kappa shape index (κ3) is 1.96. The first-order valence-corrected chi connectivity index (χ1v) is 5.16. The zero-order chi connectivity index (χ0) is 7.52. The molecule has 0 aromatic rings. The summed E-state index contributed by atoms with van der Waals surface area (Å²) in [5.41, 5.74) is 0. The Morgan fingerprint density at radius 3 is 2.45 bits per heavy atom. The number of hydrogen-bond donors (Lipinski definition) is 1. The molecule has 1 atom stereocenters. The zero-order valence-corrected chi connectivity index (χ0v) is 7.31. The van der Waals surface area contributed by atoms with Crippen LogP contribution in [0.1, 0.15) is 38.5 Å². The predicted octanol–water partition coefficient (Wildman–Crippen LogP) is 2.18. The quantitative estimate of drug-likeness (QED) is 0.641. The maximum absolute atomic E-state index is 3.45. The van der Waals surface area contributed by atoms with Gasteiger partial charge in [0.25, 0.3) is 0 Å². The monoisotopic (exact) mass is 153 g/mol. The van der Waals surface area contributed by atoms with Gasteiger partial charge in [-0.25, -0.2) is 0 Å². The van der Waals surface area contributed by atoms with Crippen LogP contribution >= 0.6 is 0 Å². The highest BCUT2D eigenvalue weighted by Crippen LogP contribution is 2.31. The third-order valence-electron chi connectivity index (χ3n) is 3.30. The largest absolute Gasteiger partial charge is 0.316 e. The molecule has 1 aliphatic heterocycles. The molecule has 0 spiro atoms. The van der Waals surface area contributed by atoms with Crippen LogP contribution in [0.4, 0.5) is 0 Å². The lowest BCUT2D eigenvalue weighted by atomic mass is 9.93. The molecular weight excluding hydrogens is 134 g/mol. The van der Waals surface area contributed by atoms with Gasteiger partial charge in [-0.2, -0.15) is 0 Å². The SMILES string of the molecule is C1CCC(C[C@@H]2CCNC2)C1. The Hall–Kier alpha value is -0.0400. The minimum absolute atomic E-state index is 1.03. The molecule has 0 amide bonds. The second kappa shape index (κ2) is 3.57. The molecule has 1 nitrogen and oxygen atoms in total. The Balaban J connectivity index is 1.71. The molecule has 1 heterocycles. The lowest BCUT2D eigenvalue weighted by Gasteiger charge is -2.13. The van der Waals surface area contributed by atoms with E-state index in [0.29, 0.717) is 0 Å². The first-order chi connectivity index (χ1) is 5.45. The van der Waals surface area contributed by atoms with Crippen molar-refractivity contribution in [3.05, 3.63) is 0 Å². The Bertz CT molecular complexity index is 96.0. The van der Waals surface area contributed by atoms with E-state index >= 15 is 0 Å². The summed E-state index contributed by atoms with van der Waals surface area (Å²) < 4.78 is 0. The molecule has 2 aliphatic rings. The Kier molecular flexibility index (Phi) is 2.47. The van der Waals surface area contributed by atoms with Crippen molar-refractivity contribution in [1.82, 2.24) is 5.32 Å². The zero-order valence-electron chi connectivity index (χ0n) is 7.31. The van der Waals surface area contributed by atoms with Crippen LogP contribution in [0.2, 0.25) is 0 Å². The van der Waals surface area contributed by atoms with Crippen molar-refractivity contribution in [2.45, 2.75) is 38.5 Å². The first kappa shape index (κ1) is 7.60. The first-order valence-electron chi connectivity index (χ1n) is 5.16. The second-order valence-electron chi connectivity index (χ2n) is 4.25. The van der Waals surface area contributed by atoms with Crippen molar-refractivity contribution < 1.29 is 0 Å². The predicted molar refractivity (Wildman–Crippen MR) is 47.6 cm³/mol. The summed E-state index contributed by atoms with van der Waals surface area (Å²) in [4.78, 5) is 0. The van der Waals surface area contributed by atoms with Gasteiger partial charge in [0.15, 0.2) is 0 Å². The Morgan fingerprint density at radius 1 is 1.00 bits per heavy atom. The van der Waals surface area contributed by atoms with E-state index in [0.717, 1.165) is 11.8 Å². The highest BCUT2D eigenvalue weighted by Gasteiger charge is 2.21. The van der Waals surface area contributed by atoms with Crippen molar-refractivity contribution in [3.63, 3.8) is 0 Å². The molecular formula is C10H19N. The molecule has 1 saturated heterocycles. The summed E-state index contributed by atoms with van der Waals surface area (Å²) in [7, 11) is 0. The maximum atomic E-state index is 3.45. The molecule has 0 aromatic heterocycles. The van der Waals surface area contributed by atoms with E-state index in [4.69, 9.17) is 0 Å². The summed E-state index contributed by atoms with van der Waals surface area (Å²) in [5, 5.41) is 3.45. The van der Waals surface area contributed by atoms with Crippen LogP contribution in [0.15, 0.2) is 0 Å². The summed E-state index contributed by atoms with van der Waals surface area (Å²) in [6, 6.07) is 0. The lowest BCUT2D eigenvalue weighted by molar-refractivity contribution is 0.397. The molecule has 0 unspecified atom stereocenters. The summed E-state index contributed by atoms with van der Waals surface area (Å²) >= 11 is 0. The van der Waals surface area contributed by atoms with Gasteiger partial charge >= 0.3 is 0 Å². The van der Waals surface area contributed by atoms with E-state index in [2.05, 4.69) is 5.32 Å². The average molecular weight is 153 g/mol. The normalized spacial score (nSPS) is 33.3. The van der Waals surface area contributed by atoms with Crippen LogP contribution in [0.25, 0.3) is 0 Å². The Morgan fingerprint density at radius 2 is 1.82 bits per heavy atom. The molecule has 0 bridgehead atoms. The molecule has 1 saturated carbocycles. The number of nitrogens with one attached hydrogen (secondary N) is 1.